The average molecular weight is 422 g/mol. The minimum Gasteiger partial charge on any atom is -0.349 e. The maximum Gasteiger partial charge on any atom is 0.251 e. The van der Waals surface area contributed by atoms with Crippen molar-refractivity contribution < 1.29 is 9.59 Å². The first-order valence-corrected chi connectivity index (χ1v) is 10.5. The molecule has 1 aliphatic carbocycles. The molecule has 152 valence electrons. The second-order valence-corrected chi connectivity index (χ2v) is 8.10. The summed E-state index contributed by atoms with van der Waals surface area (Å²) in [5.74, 6) is 0.234. The normalized spacial score (nSPS) is 18.3. The Balaban J connectivity index is 0.00000280. The highest BCUT2D eigenvalue weighted by atomic mass is 35.5. The van der Waals surface area contributed by atoms with Gasteiger partial charge in [-0.25, -0.2) is 0 Å². The number of anilines is 1. The van der Waals surface area contributed by atoms with Crippen LogP contribution in [-0.2, 0) is 11.2 Å². The molecule has 1 saturated carbocycles. The van der Waals surface area contributed by atoms with Crippen LogP contribution in [0.15, 0.2) is 41.8 Å². The summed E-state index contributed by atoms with van der Waals surface area (Å²) in [6.45, 7) is 0.604. The summed E-state index contributed by atoms with van der Waals surface area (Å²) in [5, 5.41) is 8.04. The van der Waals surface area contributed by atoms with Crippen LogP contribution in [0, 0.1) is 5.92 Å². The van der Waals surface area contributed by atoms with Crippen LogP contribution in [0.25, 0.3) is 0 Å². The van der Waals surface area contributed by atoms with E-state index in [0.717, 1.165) is 32.1 Å². The first-order valence-electron chi connectivity index (χ1n) is 9.59. The van der Waals surface area contributed by atoms with E-state index in [0.29, 0.717) is 30.1 Å². The van der Waals surface area contributed by atoms with E-state index in [9.17, 15) is 9.59 Å². The number of aryl methyl sites for hydroxylation is 1. The predicted octanol–water partition coefficient (Wildman–Crippen LogP) is 3.99. The Morgan fingerprint density at radius 2 is 2.04 bits per heavy atom. The zero-order chi connectivity index (χ0) is 19.1. The van der Waals surface area contributed by atoms with Crippen molar-refractivity contribution in [1.82, 2.24) is 5.32 Å². The first-order chi connectivity index (χ1) is 13.2. The van der Waals surface area contributed by atoms with E-state index in [1.165, 1.54) is 4.88 Å². The van der Waals surface area contributed by atoms with E-state index in [-0.39, 0.29) is 30.3 Å². The number of rotatable bonds is 8. The molecule has 1 aromatic heterocycles. The minimum absolute atomic E-state index is 0. The van der Waals surface area contributed by atoms with Crippen LogP contribution in [0.3, 0.4) is 0 Å². The molecular formula is C21H28ClN3O2S. The van der Waals surface area contributed by atoms with Crippen molar-refractivity contribution in [3.63, 3.8) is 0 Å². The lowest BCUT2D eigenvalue weighted by molar-refractivity contribution is -0.116. The van der Waals surface area contributed by atoms with E-state index in [4.69, 9.17) is 5.73 Å². The van der Waals surface area contributed by atoms with E-state index in [2.05, 4.69) is 16.7 Å². The Kier molecular flexibility index (Phi) is 8.96. The molecule has 2 aromatic rings. The quantitative estimate of drug-likeness (QED) is 0.602. The van der Waals surface area contributed by atoms with Crippen molar-refractivity contribution >= 4 is 41.2 Å². The van der Waals surface area contributed by atoms with Crippen molar-refractivity contribution in [3.8, 4) is 0 Å². The molecule has 2 unspecified atom stereocenters. The second-order valence-electron chi connectivity index (χ2n) is 7.07. The number of nitrogens with two attached hydrogens (primary N) is 1. The molecule has 1 heterocycles. The standard InChI is InChI=1S/C21H27N3O2S.ClH/c22-14-16-6-2-10-19(16)24-21(26)15-5-1-7-17(13-15)23-20(25)11-3-8-18-9-4-12-27-18;/h1,4-5,7,9,12-13,16,19H,2-3,6,8,10-11,14,22H2,(H,23,25)(H,24,26);1H. The average Bonchev–Trinajstić information content (AvgIpc) is 3.33. The lowest BCUT2D eigenvalue weighted by atomic mass is 10.0. The molecule has 0 radical (unpaired) electrons. The maximum absolute atomic E-state index is 12.5. The third-order valence-corrected chi connectivity index (χ3v) is 6.03. The molecular weight excluding hydrogens is 394 g/mol. The summed E-state index contributed by atoms with van der Waals surface area (Å²) in [7, 11) is 0. The largest absolute Gasteiger partial charge is 0.349 e. The summed E-state index contributed by atoms with van der Waals surface area (Å²) in [6.07, 6.45) is 5.35. The van der Waals surface area contributed by atoms with Gasteiger partial charge in [-0.3, -0.25) is 9.59 Å². The Bertz CT molecular complexity index is 767. The smallest absolute Gasteiger partial charge is 0.251 e. The lowest BCUT2D eigenvalue weighted by Crippen LogP contribution is -2.39. The van der Waals surface area contributed by atoms with Crippen molar-refractivity contribution in [2.45, 2.75) is 44.6 Å². The van der Waals surface area contributed by atoms with Crippen LogP contribution in [0.2, 0.25) is 0 Å². The number of carbonyl (C=O) groups excluding carboxylic acids is 2. The molecule has 1 fully saturated rings. The highest BCUT2D eigenvalue weighted by Gasteiger charge is 2.27. The van der Waals surface area contributed by atoms with Gasteiger partial charge in [-0.1, -0.05) is 18.6 Å². The molecule has 5 nitrogen and oxygen atoms in total. The predicted molar refractivity (Wildman–Crippen MR) is 117 cm³/mol. The molecule has 3 rings (SSSR count). The van der Waals surface area contributed by atoms with Gasteiger partial charge in [-0.05, 0) is 67.8 Å². The van der Waals surface area contributed by atoms with Gasteiger partial charge in [0.25, 0.3) is 5.91 Å². The number of thiophene rings is 1. The molecule has 1 aliphatic rings. The molecule has 2 atom stereocenters. The van der Waals surface area contributed by atoms with Crippen molar-refractivity contribution in [2.24, 2.45) is 11.7 Å². The van der Waals surface area contributed by atoms with Gasteiger partial charge in [-0.15, -0.1) is 23.7 Å². The van der Waals surface area contributed by atoms with Gasteiger partial charge in [0, 0.05) is 28.6 Å². The SMILES string of the molecule is Cl.NCC1CCCC1NC(=O)c1cccc(NC(=O)CCCc2cccs2)c1. The van der Waals surface area contributed by atoms with Crippen LogP contribution in [0.4, 0.5) is 5.69 Å². The topological polar surface area (TPSA) is 84.2 Å². The van der Waals surface area contributed by atoms with Crippen LogP contribution >= 0.6 is 23.7 Å². The fraction of sp³-hybridized carbons (Fsp3) is 0.429. The summed E-state index contributed by atoms with van der Waals surface area (Å²) in [4.78, 5) is 26.0. The number of amides is 2. The zero-order valence-corrected chi connectivity index (χ0v) is 17.5. The summed E-state index contributed by atoms with van der Waals surface area (Å²) >= 11 is 1.71. The molecule has 28 heavy (non-hydrogen) atoms. The fourth-order valence-corrected chi connectivity index (χ4v) is 4.35. The second kappa shape index (κ2) is 11.2. The highest BCUT2D eigenvalue weighted by molar-refractivity contribution is 7.09. The number of hydrogen-bond acceptors (Lipinski definition) is 4. The molecule has 4 N–H and O–H groups in total. The molecule has 1 aromatic carbocycles. The van der Waals surface area contributed by atoms with Gasteiger partial charge in [0.1, 0.15) is 0 Å². The first kappa shape index (κ1) is 22.4. The third-order valence-electron chi connectivity index (χ3n) is 5.09. The Morgan fingerprint density at radius 3 is 2.79 bits per heavy atom. The zero-order valence-electron chi connectivity index (χ0n) is 15.9. The molecule has 7 heteroatoms. The van der Waals surface area contributed by atoms with Crippen LogP contribution < -0.4 is 16.4 Å². The van der Waals surface area contributed by atoms with E-state index in [1.807, 2.05) is 17.5 Å². The summed E-state index contributed by atoms with van der Waals surface area (Å²) in [5.41, 5.74) is 7.01. The van der Waals surface area contributed by atoms with E-state index in [1.54, 1.807) is 29.5 Å². The maximum atomic E-state index is 12.5. The van der Waals surface area contributed by atoms with Crippen molar-refractivity contribution in [2.75, 3.05) is 11.9 Å². The highest BCUT2D eigenvalue weighted by Crippen LogP contribution is 2.25. The molecule has 0 aliphatic heterocycles. The van der Waals surface area contributed by atoms with E-state index >= 15 is 0 Å². The Labute approximate surface area is 176 Å². The summed E-state index contributed by atoms with van der Waals surface area (Å²) in [6, 6.07) is 11.4. The van der Waals surface area contributed by atoms with Gasteiger partial charge in [-0.2, -0.15) is 0 Å². The molecule has 0 spiro atoms. The fourth-order valence-electron chi connectivity index (χ4n) is 3.60. The van der Waals surface area contributed by atoms with Gasteiger partial charge < -0.3 is 16.4 Å². The molecule has 2 amide bonds. The number of halogens is 1. The monoisotopic (exact) mass is 421 g/mol. The number of benzene rings is 1. The summed E-state index contributed by atoms with van der Waals surface area (Å²) < 4.78 is 0. The number of nitrogens with one attached hydrogen (secondary N) is 2. The van der Waals surface area contributed by atoms with Gasteiger partial charge in [0.15, 0.2) is 0 Å². The lowest BCUT2D eigenvalue weighted by Gasteiger charge is -2.19. The number of carbonyl (C=O) groups is 2. The third kappa shape index (κ3) is 6.33. The van der Waals surface area contributed by atoms with Crippen LogP contribution in [0.5, 0.6) is 0 Å². The van der Waals surface area contributed by atoms with Gasteiger partial charge >= 0.3 is 0 Å². The Hall–Kier alpha value is -1.89. The van der Waals surface area contributed by atoms with Crippen LogP contribution in [-0.4, -0.2) is 24.4 Å². The molecule has 0 saturated heterocycles. The van der Waals surface area contributed by atoms with Gasteiger partial charge in [0.2, 0.25) is 5.91 Å². The van der Waals surface area contributed by atoms with Crippen molar-refractivity contribution in [1.29, 1.82) is 0 Å². The minimum atomic E-state index is -0.103. The van der Waals surface area contributed by atoms with E-state index < -0.39 is 0 Å². The van der Waals surface area contributed by atoms with Gasteiger partial charge in [0.05, 0.1) is 0 Å². The van der Waals surface area contributed by atoms with Crippen LogP contribution in [0.1, 0.15) is 47.3 Å². The Morgan fingerprint density at radius 1 is 1.18 bits per heavy atom. The number of hydrogen-bond donors (Lipinski definition) is 3. The van der Waals surface area contributed by atoms with Crippen molar-refractivity contribution in [3.05, 3.63) is 52.2 Å². The molecule has 0 bridgehead atoms.